The molecule has 0 fully saturated rings. The SMILES string of the molecule is CC(OC(=O)COC=O)C(=O)O. The summed E-state index contributed by atoms with van der Waals surface area (Å²) in [5.74, 6) is -2.15. The van der Waals surface area contributed by atoms with E-state index in [0.717, 1.165) is 0 Å². The number of carbonyl (C=O) groups excluding carboxylic acids is 2. The first-order valence-corrected chi connectivity index (χ1v) is 3.05. The Morgan fingerprint density at radius 1 is 1.58 bits per heavy atom. The molecule has 12 heavy (non-hydrogen) atoms. The quantitative estimate of drug-likeness (QED) is 0.434. The molecular weight excluding hydrogens is 168 g/mol. The van der Waals surface area contributed by atoms with Crippen LogP contribution in [-0.4, -0.2) is 36.2 Å². The van der Waals surface area contributed by atoms with E-state index in [2.05, 4.69) is 9.47 Å². The summed E-state index contributed by atoms with van der Waals surface area (Å²) in [6.45, 7) is 0.703. The number of esters is 1. The highest BCUT2D eigenvalue weighted by Crippen LogP contribution is 1.91. The maximum atomic E-state index is 10.5. The fourth-order valence-corrected chi connectivity index (χ4v) is 0.384. The van der Waals surface area contributed by atoms with Crippen LogP contribution in [0.3, 0.4) is 0 Å². The predicted molar refractivity (Wildman–Crippen MR) is 35.2 cm³/mol. The van der Waals surface area contributed by atoms with Crippen molar-refractivity contribution in [2.75, 3.05) is 6.61 Å². The Morgan fingerprint density at radius 3 is 2.58 bits per heavy atom. The molecule has 0 spiro atoms. The first kappa shape index (κ1) is 10.4. The van der Waals surface area contributed by atoms with Gasteiger partial charge in [-0.2, -0.15) is 0 Å². The number of hydrogen-bond donors (Lipinski definition) is 1. The minimum atomic E-state index is -1.26. The van der Waals surface area contributed by atoms with Gasteiger partial charge in [0.15, 0.2) is 12.7 Å². The first-order valence-electron chi connectivity index (χ1n) is 3.05. The van der Waals surface area contributed by atoms with E-state index in [1.807, 2.05) is 0 Å². The van der Waals surface area contributed by atoms with Crippen molar-refractivity contribution in [2.45, 2.75) is 13.0 Å². The molecule has 68 valence electrons. The van der Waals surface area contributed by atoms with Gasteiger partial charge in [0.05, 0.1) is 0 Å². The number of hydrogen-bond acceptors (Lipinski definition) is 5. The van der Waals surface area contributed by atoms with Gasteiger partial charge in [0, 0.05) is 0 Å². The van der Waals surface area contributed by atoms with Crippen LogP contribution in [0, 0.1) is 0 Å². The lowest BCUT2D eigenvalue weighted by molar-refractivity contribution is -0.166. The van der Waals surface area contributed by atoms with Crippen LogP contribution in [0.15, 0.2) is 0 Å². The number of carboxylic acid groups (broad SMARTS) is 1. The van der Waals surface area contributed by atoms with Gasteiger partial charge in [-0.1, -0.05) is 0 Å². The van der Waals surface area contributed by atoms with Gasteiger partial charge in [0.25, 0.3) is 6.47 Å². The molecule has 0 aliphatic carbocycles. The Hall–Kier alpha value is -1.59. The van der Waals surface area contributed by atoms with Gasteiger partial charge in [-0.3, -0.25) is 4.79 Å². The van der Waals surface area contributed by atoms with E-state index >= 15 is 0 Å². The summed E-state index contributed by atoms with van der Waals surface area (Å²) in [4.78, 5) is 30.3. The lowest BCUT2D eigenvalue weighted by Gasteiger charge is -2.06. The second kappa shape index (κ2) is 5.11. The predicted octanol–water partition coefficient (Wildman–Crippen LogP) is -0.824. The molecule has 6 nitrogen and oxygen atoms in total. The summed E-state index contributed by atoms with van der Waals surface area (Å²) in [6.07, 6.45) is -1.23. The highest BCUT2D eigenvalue weighted by molar-refractivity contribution is 5.78. The van der Waals surface area contributed by atoms with E-state index < -0.39 is 24.6 Å². The third-order valence-corrected chi connectivity index (χ3v) is 0.925. The van der Waals surface area contributed by atoms with Crippen LogP contribution in [0.2, 0.25) is 0 Å². The van der Waals surface area contributed by atoms with Crippen LogP contribution in [0.4, 0.5) is 0 Å². The maximum absolute atomic E-state index is 10.5. The van der Waals surface area contributed by atoms with Crippen molar-refractivity contribution >= 4 is 18.4 Å². The van der Waals surface area contributed by atoms with Crippen LogP contribution in [-0.2, 0) is 23.9 Å². The van der Waals surface area contributed by atoms with E-state index in [4.69, 9.17) is 5.11 Å². The van der Waals surface area contributed by atoms with Crippen molar-refractivity contribution in [1.29, 1.82) is 0 Å². The van der Waals surface area contributed by atoms with Crippen molar-refractivity contribution in [3.05, 3.63) is 0 Å². The Morgan fingerprint density at radius 2 is 2.17 bits per heavy atom. The molecule has 0 aromatic rings. The van der Waals surface area contributed by atoms with Crippen LogP contribution < -0.4 is 0 Å². The van der Waals surface area contributed by atoms with Crippen LogP contribution >= 0.6 is 0 Å². The van der Waals surface area contributed by atoms with E-state index in [1.165, 1.54) is 6.92 Å². The molecular formula is C6H8O6. The molecule has 6 heteroatoms. The molecule has 0 saturated carbocycles. The van der Waals surface area contributed by atoms with Crippen LogP contribution in [0.25, 0.3) is 0 Å². The lowest BCUT2D eigenvalue weighted by Crippen LogP contribution is -2.25. The average molecular weight is 176 g/mol. The van der Waals surface area contributed by atoms with Crippen molar-refractivity contribution < 1.29 is 29.0 Å². The number of rotatable bonds is 5. The maximum Gasteiger partial charge on any atom is 0.345 e. The minimum Gasteiger partial charge on any atom is -0.479 e. The molecule has 1 unspecified atom stereocenters. The Bertz CT molecular complexity index is 186. The van der Waals surface area contributed by atoms with Gasteiger partial charge < -0.3 is 14.6 Å². The topological polar surface area (TPSA) is 89.9 Å². The largest absolute Gasteiger partial charge is 0.479 e. The normalized spacial score (nSPS) is 11.4. The van der Waals surface area contributed by atoms with Gasteiger partial charge in [-0.15, -0.1) is 0 Å². The molecule has 0 aromatic heterocycles. The van der Waals surface area contributed by atoms with Crippen molar-refractivity contribution in [3.8, 4) is 0 Å². The monoisotopic (exact) mass is 176 g/mol. The van der Waals surface area contributed by atoms with E-state index in [0.29, 0.717) is 0 Å². The molecule has 0 aromatic carbocycles. The highest BCUT2D eigenvalue weighted by atomic mass is 16.6. The zero-order valence-electron chi connectivity index (χ0n) is 6.35. The summed E-state index contributed by atoms with van der Waals surface area (Å²) < 4.78 is 8.32. The standard InChI is InChI=1S/C6H8O6/c1-4(6(9)10)12-5(8)2-11-3-7/h3-4H,2H2,1H3,(H,9,10). The van der Waals surface area contributed by atoms with Crippen LogP contribution in [0.5, 0.6) is 0 Å². The first-order chi connectivity index (χ1) is 5.57. The van der Waals surface area contributed by atoms with E-state index in [9.17, 15) is 14.4 Å². The molecule has 1 N–H and O–H groups in total. The lowest BCUT2D eigenvalue weighted by atomic mass is 10.4. The summed E-state index contributed by atoms with van der Waals surface area (Å²) in [6, 6.07) is 0. The second-order valence-corrected chi connectivity index (χ2v) is 1.88. The van der Waals surface area contributed by atoms with Crippen molar-refractivity contribution in [1.82, 2.24) is 0 Å². The van der Waals surface area contributed by atoms with Gasteiger partial charge in [0.1, 0.15) is 0 Å². The summed E-state index contributed by atoms with van der Waals surface area (Å²) in [5, 5.41) is 8.27. The van der Waals surface area contributed by atoms with Crippen LogP contribution in [0.1, 0.15) is 6.92 Å². The van der Waals surface area contributed by atoms with Gasteiger partial charge in [0.2, 0.25) is 0 Å². The fourth-order valence-electron chi connectivity index (χ4n) is 0.384. The van der Waals surface area contributed by atoms with Gasteiger partial charge >= 0.3 is 11.9 Å². The molecule has 0 amide bonds. The average Bonchev–Trinajstić information content (AvgIpc) is 2.00. The second-order valence-electron chi connectivity index (χ2n) is 1.88. The molecule has 0 heterocycles. The molecule has 0 rings (SSSR count). The summed E-state index contributed by atoms with van der Waals surface area (Å²) in [5.41, 5.74) is 0. The number of carboxylic acids is 1. The zero-order valence-corrected chi connectivity index (χ0v) is 6.35. The van der Waals surface area contributed by atoms with Gasteiger partial charge in [-0.25, -0.2) is 9.59 Å². The Labute approximate surface area is 68.1 Å². The number of ether oxygens (including phenoxy) is 2. The molecule has 0 aliphatic rings. The third-order valence-electron chi connectivity index (χ3n) is 0.925. The minimum absolute atomic E-state index is 0.0761. The number of aliphatic carboxylic acids is 1. The van der Waals surface area contributed by atoms with Gasteiger partial charge in [-0.05, 0) is 6.92 Å². The molecule has 0 radical (unpaired) electrons. The number of carbonyl (C=O) groups is 3. The molecule has 0 saturated heterocycles. The van der Waals surface area contributed by atoms with Crippen molar-refractivity contribution in [3.63, 3.8) is 0 Å². The fraction of sp³-hybridized carbons (Fsp3) is 0.500. The Kier molecular flexibility index (Phi) is 4.43. The van der Waals surface area contributed by atoms with Crippen molar-refractivity contribution in [2.24, 2.45) is 0 Å². The third kappa shape index (κ3) is 4.26. The summed E-state index contributed by atoms with van der Waals surface area (Å²) >= 11 is 0. The summed E-state index contributed by atoms with van der Waals surface area (Å²) in [7, 11) is 0. The molecule has 0 bridgehead atoms. The smallest absolute Gasteiger partial charge is 0.345 e. The Balaban J connectivity index is 3.68. The molecule has 1 atom stereocenters. The van der Waals surface area contributed by atoms with E-state index in [-0.39, 0.29) is 6.47 Å². The molecule has 0 aliphatic heterocycles. The van der Waals surface area contributed by atoms with E-state index in [1.54, 1.807) is 0 Å². The zero-order chi connectivity index (χ0) is 9.56. The highest BCUT2D eigenvalue weighted by Gasteiger charge is 2.15.